The van der Waals surface area contributed by atoms with Gasteiger partial charge >= 0.3 is 11.8 Å². The molecule has 0 radical (unpaired) electrons. The summed E-state index contributed by atoms with van der Waals surface area (Å²) in [5.41, 5.74) is 0. The number of amides is 2. The van der Waals surface area contributed by atoms with E-state index in [1.54, 1.807) is 6.92 Å². The fourth-order valence-electron chi connectivity index (χ4n) is 2.61. The van der Waals surface area contributed by atoms with Crippen molar-refractivity contribution in [2.75, 3.05) is 32.7 Å². The predicted molar refractivity (Wildman–Crippen MR) is 84.4 cm³/mol. The fraction of sp³-hybridized carbons (Fsp3) is 0.600. The summed E-state index contributed by atoms with van der Waals surface area (Å²) < 4.78 is 0. The van der Waals surface area contributed by atoms with Gasteiger partial charge < -0.3 is 15.5 Å². The van der Waals surface area contributed by atoms with Gasteiger partial charge in [0.2, 0.25) is 0 Å². The van der Waals surface area contributed by atoms with Crippen LogP contribution < -0.4 is 10.6 Å². The van der Waals surface area contributed by atoms with Crippen molar-refractivity contribution in [2.45, 2.75) is 25.7 Å². The molecule has 1 aliphatic heterocycles. The summed E-state index contributed by atoms with van der Waals surface area (Å²) in [4.78, 5) is 26.5. The molecule has 1 saturated heterocycles. The third-order valence-corrected chi connectivity index (χ3v) is 4.83. The van der Waals surface area contributed by atoms with Crippen LogP contribution in [0.15, 0.2) is 17.5 Å². The highest BCUT2D eigenvalue weighted by Crippen LogP contribution is 2.30. The Hall–Kier alpha value is -1.40. The van der Waals surface area contributed by atoms with Gasteiger partial charge in [0.15, 0.2) is 0 Å². The van der Waals surface area contributed by atoms with E-state index in [1.165, 1.54) is 17.7 Å². The summed E-state index contributed by atoms with van der Waals surface area (Å²) in [5, 5.41) is 7.29. The minimum Gasteiger partial charge on any atom is -0.348 e. The fourth-order valence-corrected chi connectivity index (χ4v) is 3.51. The monoisotopic (exact) mass is 309 g/mol. The number of nitrogens with one attached hydrogen (secondary N) is 2. The lowest BCUT2D eigenvalue weighted by molar-refractivity contribution is -0.139. The molecule has 2 heterocycles. The van der Waals surface area contributed by atoms with Gasteiger partial charge in [-0.25, -0.2) is 0 Å². The summed E-state index contributed by atoms with van der Waals surface area (Å²) in [5.74, 6) is -0.398. The molecule has 0 unspecified atom stereocenters. The second-order valence-electron chi connectivity index (χ2n) is 5.25. The normalized spacial score (nSPS) is 16.6. The Morgan fingerprint density at radius 1 is 1.29 bits per heavy atom. The van der Waals surface area contributed by atoms with Crippen LogP contribution in [-0.4, -0.2) is 49.4 Å². The SMILES string of the molecule is CCNC(=O)C(=O)NCCN1CCC(c2cccs2)CC1. The first-order valence-corrected chi connectivity index (χ1v) is 8.40. The minimum absolute atomic E-state index is 0.475. The first kappa shape index (κ1) is 16.0. The van der Waals surface area contributed by atoms with E-state index in [-0.39, 0.29) is 0 Å². The van der Waals surface area contributed by atoms with Crippen molar-refractivity contribution in [3.05, 3.63) is 22.4 Å². The van der Waals surface area contributed by atoms with Crippen LogP contribution in [0.25, 0.3) is 0 Å². The minimum atomic E-state index is -0.547. The topological polar surface area (TPSA) is 61.4 Å². The maximum atomic E-state index is 11.4. The lowest BCUT2D eigenvalue weighted by atomic mass is 9.95. The number of carbonyl (C=O) groups is 2. The average molecular weight is 309 g/mol. The van der Waals surface area contributed by atoms with Crippen molar-refractivity contribution in [3.63, 3.8) is 0 Å². The van der Waals surface area contributed by atoms with Crippen molar-refractivity contribution in [1.29, 1.82) is 0 Å². The molecule has 1 fully saturated rings. The van der Waals surface area contributed by atoms with Gasteiger partial charge in [0.1, 0.15) is 0 Å². The molecule has 6 heteroatoms. The van der Waals surface area contributed by atoms with E-state index >= 15 is 0 Å². The van der Waals surface area contributed by atoms with E-state index in [2.05, 4.69) is 33.0 Å². The maximum absolute atomic E-state index is 11.4. The standard InChI is InChI=1S/C15H23N3O2S/c1-2-16-14(19)15(20)17-7-10-18-8-5-12(6-9-18)13-4-3-11-21-13/h3-4,11-12H,2,5-10H2,1H3,(H,16,19)(H,17,20). The molecule has 0 saturated carbocycles. The highest BCUT2D eigenvalue weighted by Gasteiger charge is 2.21. The van der Waals surface area contributed by atoms with Gasteiger partial charge in [0.05, 0.1) is 0 Å². The predicted octanol–water partition coefficient (Wildman–Crippen LogP) is 1.18. The molecule has 1 aromatic rings. The Kier molecular flexibility index (Phi) is 6.20. The maximum Gasteiger partial charge on any atom is 0.309 e. The number of carbonyl (C=O) groups excluding carboxylic acids is 2. The lowest BCUT2D eigenvalue weighted by Crippen LogP contribution is -2.44. The molecule has 2 N–H and O–H groups in total. The van der Waals surface area contributed by atoms with E-state index in [4.69, 9.17) is 0 Å². The molecule has 1 aliphatic rings. The number of likely N-dealkylation sites (N-methyl/N-ethyl adjacent to an activating group) is 1. The van der Waals surface area contributed by atoms with Crippen LogP contribution >= 0.6 is 11.3 Å². The summed E-state index contributed by atoms with van der Waals surface area (Å²) in [6, 6.07) is 4.33. The lowest BCUT2D eigenvalue weighted by Gasteiger charge is -2.31. The van der Waals surface area contributed by atoms with Crippen LogP contribution in [0, 0.1) is 0 Å². The Morgan fingerprint density at radius 3 is 2.62 bits per heavy atom. The Balaban J connectivity index is 1.63. The Morgan fingerprint density at radius 2 is 2.00 bits per heavy atom. The molecule has 116 valence electrons. The van der Waals surface area contributed by atoms with Crippen molar-refractivity contribution >= 4 is 23.2 Å². The molecular formula is C15H23N3O2S. The second kappa shape index (κ2) is 8.14. The van der Waals surface area contributed by atoms with Crippen molar-refractivity contribution in [1.82, 2.24) is 15.5 Å². The summed E-state index contributed by atoms with van der Waals surface area (Å²) in [6.07, 6.45) is 2.34. The van der Waals surface area contributed by atoms with Crippen molar-refractivity contribution in [2.24, 2.45) is 0 Å². The zero-order valence-corrected chi connectivity index (χ0v) is 13.2. The summed E-state index contributed by atoms with van der Waals surface area (Å²) >= 11 is 1.84. The molecule has 0 bridgehead atoms. The number of nitrogens with zero attached hydrogens (tertiary/aromatic N) is 1. The molecule has 2 rings (SSSR count). The van der Waals surface area contributed by atoms with Gasteiger partial charge in [0.25, 0.3) is 0 Å². The van der Waals surface area contributed by atoms with Gasteiger partial charge in [-0.15, -0.1) is 11.3 Å². The number of hydrogen-bond donors (Lipinski definition) is 2. The van der Waals surface area contributed by atoms with Crippen LogP contribution in [0.5, 0.6) is 0 Å². The van der Waals surface area contributed by atoms with E-state index in [0.29, 0.717) is 19.0 Å². The molecular weight excluding hydrogens is 286 g/mol. The van der Waals surface area contributed by atoms with Crippen LogP contribution in [0.4, 0.5) is 0 Å². The third-order valence-electron chi connectivity index (χ3n) is 3.79. The Labute approximate surface area is 129 Å². The number of rotatable bonds is 5. The van der Waals surface area contributed by atoms with Crippen molar-refractivity contribution in [3.8, 4) is 0 Å². The molecule has 2 amide bonds. The van der Waals surface area contributed by atoms with Gasteiger partial charge in [-0.05, 0) is 50.2 Å². The van der Waals surface area contributed by atoms with Crippen LogP contribution in [-0.2, 0) is 9.59 Å². The highest BCUT2D eigenvalue weighted by molar-refractivity contribution is 7.10. The summed E-state index contributed by atoms with van der Waals surface area (Å²) in [6.45, 7) is 5.71. The first-order valence-electron chi connectivity index (χ1n) is 7.52. The number of hydrogen-bond acceptors (Lipinski definition) is 4. The smallest absolute Gasteiger partial charge is 0.309 e. The molecule has 0 aromatic carbocycles. The van der Waals surface area contributed by atoms with Gasteiger partial charge in [-0.2, -0.15) is 0 Å². The molecule has 21 heavy (non-hydrogen) atoms. The third kappa shape index (κ3) is 4.82. The first-order chi connectivity index (χ1) is 10.2. The molecule has 1 aromatic heterocycles. The largest absolute Gasteiger partial charge is 0.348 e. The van der Waals surface area contributed by atoms with Crippen LogP contribution in [0.3, 0.4) is 0 Å². The van der Waals surface area contributed by atoms with Crippen LogP contribution in [0.2, 0.25) is 0 Å². The van der Waals surface area contributed by atoms with Gasteiger partial charge in [-0.1, -0.05) is 6.07 Å². The van der Waals surface area contributed by atoms with Crippen LogP contribution in [0.1, 0.15) is 30.6 Å². The van der Waals surface area contributed by atoms with Gasteiger partial charge in [-0.3, -0.25) is 9.59 Å². The summed E-state index contributed by atoms with van der Waals surface area (Å²) in [7, 11) is 0. The zero-order valence-electron chi connectivity index (χ0n) is 12.4. The molecule has 0 spiro atoms. The van der Waals surface area contributed by atoms with E-state index in [9.17, 15) is 9.59 Å². The Bertz CT molecular complexity index is 453. The second-order valence-corrected chi connectivity index (χ2v) is 6.23. The van der Waals surface area contributed by atoms with Gasteiger partial charge in [0, 0.05) is 24.5 Å². The van der Waals surface area contributed by atoms with Crippen molar-refractivity contribution < 1.29 is 9.59 Å². The quantitative estimate of drug-likeness (QED) is 0.803. The average Bonchev–Trinajstić information content (AvgIpc) is 3.02. The van der Waals surface area contributed by atoms with E-state index in [0.717, 1.165) is 19.6 Å². The number of thiophene rings is 1. The number of likely N-dealkylation sites (tertiary alicyclic amines) is 1. The van der Waals surface area contributed by atoms with E-state index in [1.807, 2.05) is 11.3 Å². The highest BCUT2D eigenvalue weighted by atomic mass is 32.1. The molecule has 0 atom stereocenters. The van der Waals surface area contributed by atoms with E-state index < -0.39 is 11.8 Å². The zero-order chi connectivity index (χ0) is 15.1. The molecule has 0 aliphatic carbocycles. The molecule has 5 nitrogen and oxygen atoms in total. The number of piperidine rings is 1.